The van der Waals surface area contributed by atoms with E-state index in [0.717, 1.165) is 107 Å². The molecule has 4 N–H and O–H groups in total. The van der Waals surface area contributed by atoms with Crippen molar-refractivity contribution in [1.82, 2.24) is 0 Å². The van der Waals surface area contributed by atoms with Crippen molar-refractivity contribution in [2.24, 2.45) is 0 Å². The summed E-state index contributed by atoms with van der Waals surface area (Å²) in [5.74, 6) is 3.40. The number of phenols is 4. The average Bonchev–Trinajstić information content (AvgIpc) is 1.63. The molecule has 0 unspecified atom stereocenters. The molecule has 0 saturated carbocycles. The maximum absolute atomic E-state index is 13.4. The Labute approximate surface area is 725 Å². The Morgan fingerprint density at radius 3 is 0.702 bits per heavy atom. The second-order valence-electron chi connectivity index (χ2n) is 26.1. The van der Waals surface area contributed by atoms with E-state index in [0.29, 0.717) is 64.8 Å². The van der Waals surface area contributed by atoms with Crippen molar-refractivity contribution in [2.45, 2.75) is 27.7 Å². The summed E-state index contributed by atoms with van der Waals surface area (Å²) in [6, 6.07) is 81.4. The van der Waals surface area contributed by atoms with Gasteiger partial charge in [-0.25, -0.2) is 0 Å². The number of thiophene rings is 4. The van der Waals surface area contributed by atoms with Crippen molar-refractivity contribution >= 4 is 133 Å². The highest BCUT2D eigenvalue weighted by atomic mass is 32.1. The van der Waals surface area contributed by atoms with Gasteiger partial charge in [-0.15, -0.1) is 45.3 Å². The zero-order valence-electron chi connectivity index (χ0n) is 66.5. The number of aromatic hydroxyl groups is 4. The summed E-state index contributed by atoms with van der Waals surface area (Å²) in [7, 11) is 0. The van der Waals surface area contributed by atoms with E-state index in [4.69, 9.17) is 57.3 Å². The summed E-state index contributed by atoms with van der Waals surface area (Å²) in [4.78, 5) is 121. The Bertz CT molecular complexity index is 6220. The van der Waals surface area contributed by atoms with E-state index in [9.17, 15) is 39.6 Å². The van der Waals surface area contributed by atoms with Gasteiger partial charge in [0.05, 0.1) is 44.6 Å². The second kappa shape index (κ2) is 44.7. The van der Waals surface area contributed by atoms with Gasteiger partial charge in [0, 0.05) is 84.9 Å². The molecule has 0 aliphatic carbocycles. The fourth-order valence-electron chi connectivity index (χ4n) is 13.0. The smallest absolute Gasteiger partial charge is 0.373 e. The zero-order chi connectivity index (χ0) is 89.5. The topological polar surface area (TPSA) is 323 Å². The summed E-state index contributed by atoms with van der Waals surface area (Å²) in [5.41, 5.74) is 13.8. The Hall–Kier alpha value is -16.0. The highest BCUT2D eigenvalue weighted by Crippen LogP contribution is 2.47. The molecule has 0 spiro atoms. The van der Waals surface area contributed by atoms with E-state index in [1.165, 1.54) is 70.4 Å². The van der Waals surface area contributed by atoms with Gasteiger partial charge < -0.3 is 39.4 Å². The molecule has 0 bridgehead atoms. The lowest BCUT2D eigenvalue weighted by Gasteiger charge is -2.08. The number of hydrogen-bond donors (Lipinski definition) is 4. The van der Waals surface area contributed by atoms with E-state index in [-0.39, 0.29) is 70.7 Å². The van der Waals surface area contributed by atoms with Crippen molar-refractivity contribution < 1.29 is 96.9 Å². The molecule has 4 heterocycles. The lowest BCUT2D eigenvalue weighted by atomic mass is 9.96. The number of fused-ring (bicyclic) bond motifs is 4. The van der Waals surface area contributed by atoms with Gasteiger partial charge in [0.2, 0.25) is 23.1 Å². The number of ether oxygens (including phenoxy) is 4. The van der Waals surface area contributed by atoms with Crippen LogP contribution < -0.4 is 18.9 Å². The van der Waals surface area contributed by atoms with Gasteiger partial charge in [0.15, 0.2) is 0 Å². The summed E-state index contributed by atoms with van der Waals surface area (Å²) >= 11 is 5.60. The molecule has 0 radical (unpaired) electrons. The first-order valence-corrected chi connectivity index (χ1v) is 40.2. The van der Waals surface area contributed by atoms with Crippen molar-refractivity contribution in [3.8, 4) is 90.5 Å². The van der Waals surface area contributed by atoms with E-state index in [2.05, 4.69) is 26.3 Å². The molecular weight excluding hydrogens is 1650 g/mol. The molecule has 16 aromatic rings. The van der Waals surface area contributed by atoms with Crippen LogP contribution in [0, 0.1) is 27.7 Å². The molecule has 4 aromatic heterocycles. The molecule has 16 rings (SSSR count). The monoisotopic (exact) mass is 1720 g/mol. The standard InChI is InChI=1S/4C24H18O3S.4CO2/c1-3-27-19-11-8-16(9-12-19)22-20-13-10-18(25)14-21(20)28-24(22)23(26)17-6-4-15(2)5-7-17;3*1-3-27-18-11-8-16(9-12-18)22-20-13-10-17(25)14-21(20)28-24(22)23(26)19-7-5-4-6-15(19)2;4*2-1-3/h4*3-14,25H,1H2,2H3;;;;. The predicted molar refractivity (Wildman–Crippen MR) is 477 cm³/mol. The van der Waals surface area contributed by atoms with Crippen molar-refractivity contribution in [1.29, 1.82) is 0 Å². The van der Waals surface area contributed by atoms with Gasteiger partial charge in [-0.05, 0) is 188 Å². The van der Waals surface area contributed by atoms with Crippen LogP contribution in [0.15, 0.2) is 318 Å². The summed E-state index contributed by atoms with van der Waals surface area (Å²) in [6.07, 6.45) is 6.52. The van der Waals surface area contributed by atoms with Crippen molar-refractivity contribution in [2.75, 3.05) is 0 Å². The number of carbonyl (C=O) groups is 4. The number of benzene rings is 12. The lowest BCUT2D eigenvalue weighted by molar-refractivity contribution is -0.193. The molecule has 0 saturated heterocycles. The molecular formula is C100H72O20S4. The number of rotatable bonds is 20. The first-order valence-electron chi connectivity index (χ1n) is 36.9. The van der Waals surface area contributed by atoms with Crippen LogP contribution in [0.3, 0.4) is 0 Å². The maximum Gasteiger partial charge on any atom is 0.373 e. The molecule has 0 fully saturated rings. The first-order chi connectivity index (χ1) is 60.0. The maximum atomic E-state index is 13.4. The molecule has 124 heavy (non-hydrogen) atoms. The number of hydrogen-bond acceptors (Lipinski definition) is 24. The van der Waals surface area contributed by atoms with Gasteiger partial charge in [-0.1, -0.05) is 177 Å². The SMILES string of the molecule is C=COc1ccc(-c2c(C(=O)c3ccc(C)cc3)sc3cc(O)ccc23)cc1.C=COc1ccc(-c2c(C(=O)c3ccccc3C)sc3cc(O)ccc23)cc1.C=COc1ccc(-c2c(C(=O)c3ccccc3C)sc3cc(O)ccc23)cc1.C=COc1ccc(-c2c(C(=O)c3ccccc3C)sc3cc(O)ccc23)cc1.O=C=O.O=C=O.O=C=O.O=C=O. The molecule has 12 aromatic carbocycles. The van der Waals surface area contributed by atoms with Gasteiger partial charge in [0.25, 0.3) is 0 Å². The third-order valence-corrected chi connectivity index (χ3v) is 23.1. The predicted octanol–water partition coefficient (Wildman–Crippen LogP) is 23.0. The fraction of sp³-hybridized carbons (Fsp3) is 0.0400. The molecule has 0 amide bonds. The molecule has 0 aliphatic heterocycles. The van der Waals surface area contributed by atoms with Crippen LogP contribution in [0.1, 0.15) is 83.2 Å². The minimum Gasteiger partial charge on any atom is -0.508 e. The highest BCUT2D eigenvalue weighted by molar-refractivity contribution is 7.23. The molecule has 0 aliphatic rings. The second-order valence-corrected chi connectivity index (χ2v) is 30.4. The summed E-state index contributed by atoms with van der Waals surface area (Å²) < 4.78 is 24.7. The lowest BCUT2D eigenvalue weighted by Crippen LogP contribution is -2.02. The Morgan fingerprint density at radius 1 is 0.282 bits per heavy atom. The van der Waals surface area contributed by atoms with Crippen LogP contribution in [0.4, 0.5) is 0 Å². The van der Waals surface area contributed by atoms with Gasteiger partial charge in [-0.2, -0.15) is 38.4 Å². The van der Waals surface area contributed by atoms with Crippen LogP contribution in [-0.4, -0.2) is 68.2 Å². The number of phenolic OH excluding ortho intramolecular Hbond substituents is 4. The fourth-order valence-corrected chi connectivity index (χ4v) is 17.9. The highest BCUT2D eigenvalue weighted by Gasteiger charge is 2.27. The molecule has 20 nitrogen and oxygen atoms in total. The Balaban J connectivity index is 0.000000179. The minimum absolute atomic E-state index is 0.0137. The largest absolute Gasteiger partial charge is 0.508 e. The van der Waals surface area contributed by atoms with Crippen molar-refractivity contribution in [3.63, 3.8) is 0 Å². The third kappa shape index (κ3) is 22.7. The average molecular weight is 1720 g/mol. The number of ketones is 4. The van der Waals surface area contributed by atoms with Crippen LogP contribution in [0.25, 0.3) is 84.9 Å². The van der Waals surface area contributed by atoms with Gasteiger partial charge in [0.1, 0.15) is 46.0 Å². The van der Waals surface area contributed by atoms with Crippen LogP contribution in [0.5, 0.6) is 46.0 Å². The van der Waals surface area contributed by atoms with E-state index < -0.39 is 0 Å². The van der Waals surface area contributed by atoms with Gasteiger partial charge in [-0.3, -0.25) is 19.2 Å². The van der Waals surface area contributed by atoms with Crippen molar-refractivity contribution in [3.05, 3.63) is 382 Å². The van der Waals surface area contributed by atoms with Gasteiger partial charge >= 0.3 is 24.6 Å². The van der Waals surface area contributed by atoms with Crippen LogP contribution in [-0.2, 0) is 38.4 Å². The minimum atomic E-state index is -0.0258. The first kappa shape index (κ1) is 91.9. The normalized spacial score (nSPS) is 9.97. The summed E-state index contributed by atoms with van der Waals surface area (Å²) in [5, 5.41) is 43.3. The van der Waals surface area contributed by atoms with Crippen LogP contribution >= 0.6 is 45.3 Å². The van der Waals surface area contributed by atoms with E-state index in [1.807, 2.05) is 246 Å². The van der Waals surface area contributed by atoms with Crippen LogP contribution in [0.2, 0.25) is 0 Å². The Kier molecular flexibility index (Phi) is 33.2. The molecule has 0 atom stereocenters. The third-order valence-electron chi connectivity index (χ3n) is 18.5. The van der Waals surface area contributed by atoms with E-state index in [1.54, 1.807) is 48.5 Å². The molecule has 24 heteroatoms. The number of carbonyl (C=O) groups excluding carboxylic acids is 12. The quantitative estimate of drug-likeness (QED) is 0.0407. The zero-order valence-corrected chi connectivity index (χ0v) is 69.8. The van der Waals surface area contributed by atoms with E-state index >= 15 is 0 Å². The number of aryl methyl sites for hydroxylation is 4. The Morgan fingerprint density at radius 2 is 0.492 bits per heavy atom. The summed E-state index contributed by atoms with van der Waals surface area (Å²) in [6.45, 7) is 22.1. The molecule has 616 valence electrons.